The van der Waals surface area contributed by atoms with Gasteiger partial charge in [-0.2, -0.15) is 5.26 Å². The van der Waals surface area contributed by atoms with Gasteiger partial charge in [0.1, 0.15) is 11.1 Å². The lowest BCUT2D eigenvalue weighted by atomic mass is 9.63. The van der Waals surface area contributed by atoms with E-state index in [1.165, 1.54) is 23.3 Å². The van der Waals surface area contributed by atoms with Crippen molar-refractivity contribution in [2.24, 2.45) is 5.92 Å². The van der Waals surface area contributed by atoms with E-state index in [9.17, 15) is 5.26 Å². The maximum absolute atomic E-state index is 9.35. The maximum atomic E-state index is 9.35. The third-order valence-corrected chi connectivity index (χ3v) is 5.46. The van der Waals surface area contributed by atoms with Crippen molar-refractivity contribution >= 4 is 16.3 Å². The fourth-order valence-electron chi connectivity index (χ4n) is 3.34. The summed E-state index contributed by atoms with van der Waals surface area (Å²) < 4.78 is 0. The molecule has 0 amide bonds. The summed E-state index contributed by atoms with van der Waals surface area (Å²) in [6.07, 6.45) is 4.62. The predicted molar refractivity (Wildman–Crippen MR) is 84.5 cm³/mol. The van der Waals surface area contributed by atoms with Crippen LogP contribution < -0.4 is 5.73 Å². The zero-order chi connectivity index (χ0) is 14.6. The molecule has 1 aliphatic carbocycles. The Hall–Kier alpha value is -1.01. The first-order valence-electron chi connectivity index (χ1n) is 7.38. The van der Waals surface area contributed by atoms with Crippen LogP contribution in [0.25, 0.3) is 0 Å². The van der Waals surface area contributed by atoms with Gasteiger partial charge in [-0.15, -0.1) is 11.3 Å². The van der Waals surface area contributed by atoms with Gasteiger partial charge in [-0.3, -0.25) is 0 Å². The molecule has 19 heavy (non-hydrogen) atoms. The number of hydrogen-bond donors (Lipinski definition) is 1. The van der Waals surface area contributed by atoms with Gasteiger partial charge in [0.25, 0.3) is 0 Å². The van der Waals surface area contributed by atoms with Crippen LogP contribution in [0.2, 0.25) is 0 Å². The molecular formula is C16H26N2S. The van der Waals surface area contributed by atoms with Crippen LogP contribution in [0.3, 0.4) is 0 Å². The van der Waals surface area contributed by atoms with E-state index in [0.29, 0.717) is 5.92 Å². The van der Waals surface area contributed by atoms with Gasteiger partial charge in [0.2, 0.25) is 0 Å². The van der Waals surface area contributed by atoms with Crippen molar-refractivity contribution in [1.29, 1.82) is 5.26 Å². The molecule has 0 bridgehead atoms. The molecule has 2 rings (SSSR count). The molecule has 2 nitrogen and oxygen atoms in total. The third kappa shape index (κ3) is 2.51. The molecule has 0 saturated carbocycles. The number of nitriles is 1. The molecule has 1 unspecified atom stereocenters. The quantitative estimate of drug-likeness (QED) is 0.839. The number of rotatable bonds is 2. The Labute approximate surface area is 121 Å². The van der Waals surface area contributed by atoms with Gasteiger partial charge in [-0.1, -0.05) is 34.6 Å². The zero-order valence-corrected chi connectivity index (χ0v) is 13.7. The number of nitrogens with zero attached hydrogens (tertiary/aromatic N) is 1. The Morgan fingerprint density at radius 3 is 2.53 bits per heavy atom. The van der Waals surface area contributed by atoms with Crippen LogP contribution in [0.1, 0.15) is 69.9 Å². The Bertz CT molecular complexity index is 468. The van der Waals surface area contributed by atoms with Crippen LogP contribution in [0.15, 0.2) is 0 Å². The lowest BCUT2D eigenvalue weighted by Crippen LogP contribution is -2.35. The van der Waals surface area contributed by atoms with Gasteiger partial charge < -0.3 is 5.73 Å². The standard InChI is InChI=1S/C14H20N2S.C2H6/c1-4-14(9(2)3)7-5-6-11-12(14)10(8-15)13(16)17-11;1-2/h9H,4-7,16H2,1-3H3;1-2H3. The number of nitrogen functional groups attached to an aromatic ring is 1. The zero-order valence-electron chi connectivity index (χ0n) is 12.8. The number of anilines is 1. The van der Waals surface area contributed by atoms with Crippen molar-refractivity contribution in [3.63, 3.8) is 0 Å². The van der Waals surface area contributed by atoms with E-state index in [-0.39, 0.29) is 5.41 Å². The van der Waals surface area contributed by atoms with Crippen LogP contribution >= 0.6 is 11.3 Å². The second-order valence-electron chi connectivity index (χ2n) is 5.27. The second kappa shape index (κ2) is 6.43. The molecule has 0 saturated heterocycles. The first-order valence-corrected chi connectivity index (χ1v) is 8.20. The Morgan fingerprint density at radius 2 is 2.05 bits per heavy atom. The molecule has 1 heterocycles. The molecule has 0 radical (unpaired) electrons. The number of aryl methyl sites for hydroxylation is 1. The predicted octanol–water partition coefficient (Wildman–Crippen LogP) is 4.87. The third-order valence-electron chi connectivity index (χ3n) is 4.38. The summed E-state index contributed by atoms with van der Waals surface area (Å²) in [7, 11) is 0. The van der Waals surface area contributed by atoms with Gasteiger partial charge in [0.15, 0.2) is 0 Å². The van der Waals surface area contributed by atoms with E-state index in [1.807, 2.05) is 13.8 Å². The first kappa shape index (κ1) is 16.0. The lowest BCUT2D eigenvalue weighted by molar-refractivity contribution is 0.254. The number of fused-ring (bicyclic) bond motifs is 1. The Balaban J connectivity index is 0.000000861. The molecule has 1 atom stereocenters. The molecule has 2 N–H and O–H groups in total. The minimum absolute atomic E-state index is 0.173. The van der Waals surface area contributed by atoms with Crippen LogP contribution in [-0.4, -0.2) is 0 Å². The van der Waals surface area contributed by atoms with Crippen molar-refractivity contribution in [3.8, 4) is 6.07 Å². The molecule has 0 aromatic carbocycles. The van der Waals surface area contributed by atoms with E-state index in [4.69, 9.17) is 5.73 Å². The Morgan fingerprint density at radius 1 is 1.42 bits per heavy atom. The highest BCUT2D eigenvalue weighted by molar-refractivity contribution is 7.16. The summed E-state index contributed by atoms with van der Waals surface area (Å²) in [5.74, 6) is 0.563. The van der Waals surface area contributed by atoms with Crippen LogP contribution in [0.5, 0.6) is 0 Å². The van der Waals surface area contributed by atoms with Crippen LogP contribution in [0, 0.1) is 17.2 Å². The first-order chi connectivity index (χ1) is 9.06. The highest BCUT2D eigenvalue weighted by Crippen LogP contribution is 2.50. The SMILES string of the molecule is CC.CCC1(C(C)C)CCCc2sc(N)c(C#N)c21. The van der Waals surface area contributed by atoms with Gasteiger partial charge in [0.05, 0.1) is 5.56 Å². The smallest absolute Gasteiger partial charge is 0.104 e. The lowest BCUT2D eigenvalue weighted by Gasteiger charge is -2.41. The van der Waals surface area contributed by atoms with Crippen molar-refractivity contribution in [3.05, 3.63) is 16.0 Å². The minimum Gasteiger partial charge on any atom is -0.389 e. The van der Waals surface area contributed by atoms with E-state index in [2.05, 4.69) is 26.8 Å². The van der Waals surface area contributed by atoms with Crippen molar-refractivity contribution in [2.45, 2.75) is 65.7 Å². The van der Waals surface area contributed by atoms with E-state index in [0.717, 1.165) is 23.4 Å². The fourth-order valence-corrected chi connectivity index (χ4v) is 4.51. The average Bonchev–Trinajstić information content (AvgIpc) is 2.76. The normalized spacial score (nSPS) is 21.3. The second-order valence-corrected chi connectivity index (χ2v) is 6.41. The van der Waals surface area contributed by atoms with E-state index in [1.54, 1.807) is 11.3 Å². The molecule has 1 aromatic heterocycles. The Kier molecular flexibility index (Phi) is 5.43. The topological polar surface area (TPSA) is 49.8 Å². The van der Waals surface area contributed by atoms with Crippen molar-refractivity contribution in [2.75, 3.05) is 5.73 Å². The average molecular weight is 278 g/mol. The summed E-state index contributed by atoms with van der Waals surface area (Å²) in [5.41, 5.74) is 8.22. The van der Waals surface area contributed by atoms with Gasteiger partial charge >= 0.3 is 0 Å². The van der Waals surface area contributed by atoms with E-state index >= 15 is 0 Å². The van der Waals surface area contributed by atoms with Crippen molar-refractivity contribution in [1.82, 2.24) is 0 Å². The van der Waals surface area contributed by atoms with Gasteiger partial charge in [0, 0.05) is 4.88 Å². The number of thiophene rings is 1. The van der Waals surface area contributed by atoms with Gasteiger partial charge in [-0.25, -0.2) is 0 Å². The maximum Gasteiger partial charge on any atom is 0.104 e. The summed E-state index contributed by atoms with van der Waals surface area (Å²) >= 11 is 1.63. The van der Waals surface area contributed by atoms with Crippen molar-refractivity contribution < 1.29 is 0 Å². The van der Waals surface area contributed by atoms with Crippen LogP contribution in [0.4, 0.5) is 5.00 Å². The number of hydrogen-bond acceptors (Lipinski definition) is 3. The molecule has 3 heteroatoms. The highest BCUT2D eigenvalue weighted by atomic mass is 32.1. The summed E-state index contributed by atoms with van der Waals surface area (Å²) in [4.78, 5) is 1.36. The molecular weight excluding hydrogens is 252 g/mol. The number of nitrogens with two attached hydrogens (primary N) is 1. The molecule has 0 spiro atoms. The van der Waals surface area contributed by atoms with E-state index < -0.39 is 0 Å². The monoisotopic (exact) mass is 278 g/mol. The molecule has 0 aliphatic heterocycles. The summed E-state index contributed by atoms with van der Waals surface area (Å²) in [6, 6.07) is 2.33. The fraction of sp³-hybridized carbons (Fsp3) is 0.688. The largest absolute Gasteiger partial charge is 0.389 e. The highest BCUT2D eigenvalue weighted by Gasteiger charge is 2.41. The summed E-state index contributed by atoms with van der Waals surface area (Å²) in [5, 5.41) is 10.1. The molecule has 1 aromatic rings. The molecule has 0 fully saturated rings. The molecule has 1 aliphatic rings. The van der Waals surface area contributed by atoms with Crippen LogP contribution in [-0.2, 0) is 11.8 Å². The van der Waals surface area contributed by atoms with Gasteiger partial charge in [-0.05, 0) is 42.6 Å². The summed E-state index contributed by atoms with van der Waals surface area (Å²) in [6.45, 7) is 10.8. The molecule has 106 valence electrons. The minimum atomic E-state index is 0.173.